The van der Waals surface area contributed by atoms with Gasteiger partial charge in [-0.05, 0) is 0 Å². The van der Waals surface area contributed by atoms with Crippen LogP contribution in [0.15, 0.2) is 12.5 Å². The normalized spacial score (nSPS) is 12.2. The first-order valence-electron chi connectivity index (χ1n) is 1.67. The second kappa shape index (κ2) is 2.71. The fourth-order valence-electron chi connectivity index (χ4n) is 0.114. The Bertz CT molecular complexity index is 126. The van der Waals surface area contributed by atoms with Crippen LogP contribution in [0.3, 0.4) is 0 Å². The van der Waals surface area contributed by atoms with E-state index in [1.165, 1.54) is 0 Å². The molecule has 48 valence electrons. The Morgan fingerprint density at radius 2 is 2.12 bits per heavy atom. The summed E-state index contributed by atoms with van der Waals surface area (Å²) in [5, 5.41) is 0. The van der Waals surface area contributed by atoms with Gasteiger partial charge in [-0.2, -0.15) is 0 Å². The molecule has 5 nitrogen and oxygen atoms in total. The molecule has 0 atom stereocenters. The van der Waals surface area contributed by atoms with Gasteiger partial charge >= 0.3 is 7.82 Å². The summed E-state index contributed by atoms with van der Waals surface area (Å²) >= 11 is 0. The molecule has 0 fully saturated rings. The van der Waals surface area contributed by atoms with E-state index >= 15 is 0 Å². The Morgan fingerprint density at radius 3 is 2.25 bits per heavy atom. The molecule has 0 rings (SSSR count). The lowest BCUT2D eigenvalue weighted by molar-refractivity contribution is 0.258. The van der Waals surface area contributed by atoms with E-state index in [0.29, 0.717) is 0 Å². The molecular formula is C2H6NO4P. The standard InChI is InChI=1S/C2H6NO4P/c3-1-2-7-8(4,5)6/h1-2H,3H2,(H2,4,5,6). The van der Waals surface area contributed by atoms with E-state index in [1.807, 2.05) is 0 Å². The second-order valence-corrected chi connectivity index (χ2v) is 2.12. The molecule has 0 radical (unpaired) electrons. The van der Waals surface area contributed by atoms with Gasteiger partial charge in [0.05, 0.1) is 0 Å². The minimum absolute atomic E-state index is 0.723. The third-order valence-corrected chi connectivity index (χ3v) is 0.673. The molecule has 6 heteroatoms. The van der Waals surface area contributed by atoms with Crippen molar-refractivity contribution in [2.75, 3.05) is 0 Å². The number of phosphoric ester groups is 1. The van der Waals surface area contributed by atoms with Gasteiger partial charge in [-0.15, -0.1) is 0 Å². The fourth-order valence-corrected chi connectivity index (χ4v) is 0.343. The first-order chi connectivity index (χ1) is 3.56. The molecule has 0 aliphatic carbocycles. The summed E-state index contributed by atoms with van der Waals surface area (Å²) in [6, 6.07) is 0. The zero-order valence-corrected chi connectivity index (χ0v) is 4.78. The van der Waals surface area contributed by atoms with E-state index < -0.39 is 7.82 Å². The lowest BCUT2D eigenvalue weighted by Crippen LogP contribution is -1.81. The Hall–Kier alpha value is -0.510. The SMILES string of the molecule is NC=COP(=O)(O)O. The zero-order valence-electron chi connectivity index (χ0n) is 3.89. The molecular weight excluding hydrogens is 133 g/mol. The molecule has 0 saturated heterocycles. The molecule has 0 saturated carbocycles. The van der Waals surface area contributed by atoms with Crippen LogP contribution in [0.25, 0.3) is 0 Å². The van der Waals surface area contributed by atoms with E-state index in [2.05, 4.69) is 10.3 Å². The van der Waals surface area contributed by atoms with E-state index in [4.69, 9.17) is 9.79 Å². The van der Waals surface area contributed by atoms with Crippen LogP contribution in [-0.4, -0.2) is 9.79 Å². The predicted molar refractivity (Wildman–Crippen MR) is 26.5 cm³/mol. The average Bonchev–Trinajstić information content (AvgIpc) is 1.59. The zero-order chi connectivity index (χ0) is 6.62. The molecule has 8 heavy (non-hydrogen) atoms. The van der Waals surface area contributed by atoms with Crippen LogP contribution in [0.1, 0.15) is 0 Å². The first kappa shape index (κ1) is 7.49. The number of rotatable bonds is 2. The van der Waals surface area contributed by atoms with Gasteiger partial charge in [0.1, 0.15) is 6.26 Å². The summed E-state index contributed by atoms with van der Waals surface area (Å²) in [4.78, 5) is 15.9. The molecule has 0 aromatic carbocycles. The summed E-state index contributed by atoms with van der Waals surface area (Å²) in [5.74, 6) is 0. The van der Waals surface area contributed by atoms with E-state index in [0.717, 1.165) is 12.5 Å². The van der Waals surface area contributed by atoms with Crippen molar-refractivity contribution in [2.45, 2.75) is 0 Å². The van der Waals surface area contributed by atoms with Crippen LogP contribution in [0.4, 0.5) is 0 Å². The van der Waals surface area contributed by atoms with Crippen LogP contribution in [0, 0.1) is 0 Å². The second-order valence-electron chi connectivity index (χ2n) is 0.925. The minimum Gasteiger partial charge on any atom is -0.411 e. The van der Waals surface area contributed by atoms with Crippen molar-refractivity contribution >= 4 is 7.82 Å². The Balaban J connectivity index is 3.57. The number of nitrogens with two attached hydrogens (primary N) is 1. The Labute approximate surface area is 46.0 Å². The summed E-state index contributed by atoms with van der Waals surface area (Å²) in [6.07, 6.45) is 1.61. The van der Waals surface area contributed by atoms with Gasteiger partial charge in [-0.25, -0.2) is 4.57 Å². The summed E-state index contributed by atoms with van der Waals surface area (Å²) in [6.45, 7) is 0. The summed E-state index contributed by atoms with van der Waals surface area (Å²) in [7, 11) is -4.35. The number of phosphoric acid groups is 1. The highest BCUT2D eigenvalue weighted by Gasteiger charge is 2.10. The van der Waals surface area contributed by atoms with E-state index in [-0.39, 0.29) is 0 Å². The van der Waals surface area contributed by atoms with Gasteiger partial charge in [-0.1, -0.05) is 0 Å². The molecule has 0 heterocycles. The van der Waals surface area contributed by atoms with E-state index in [1.54, 1.807) is 0 Å². The van der Waals surface area contributed by atoms with Crippen LogP contribution in [0.5, 0.6) is 0 Å². The molecule has 0 aliphatic rings. The third kappa shape index (κ3) is 5.49. The number of hydrogen-bond acceptors (Lipinski definition) is 3. The minimum atomic E-state index is -4.35. The lowest BCUT2D eigenvalue weighted by Gasteiger charge is -1.97. The maximum atomic E-state index is 9.76. The molecule has 0 unspecified atom stereocenters. The van der Waals surface area contributed by atoms with Gasteiger partial charge < -0.3 is 10.3 Å². The van der Waals surface area contributed by atoms with Crippen molar-refractivity contribution in [1.82, 2.24) is 0 Å². The highest BCUT2D eigenvalue weighted by molar-refractivity contribution is 7.46. The maximum Gasteiger partial charge on any atom is 0.524 e. The van der Waals surface area contributed by atoms with Gasteiger partial charge in [0.25, 0.3) is 0 Å². The Morgan fingerprint density at radius 1 is 1.62 bits per heavy atom. The van der Waals surface area contributed by atoms with Crippen molar-refractivity contribution in [2.24, 2.45) is 5.73 Å². The molecule has 0 amide bonds. The highest BCUT2D eigenvalue weighted by Crippen LogP contribution is 2.35. The Kier molecular flexibility index (Phi) is 2.54. The third-order valence-electron chi connectivity index (χ3n) is 0.277. The van der Waals surface area contributed by atoms with Crippen molar-refractivity contribution in [3.63, 3.8) is 0 Å². The number of hydrogen-bond donors (Lipinski definition) is 3. The fraction of sp³-hybridized carbons (Fsp3) is 0. The van der Waals surface area contributed by atoms with Crippen LogP contribution in [0.2, 0.25) is 0 Å². The smallest absolute Gasteiger partial charge is 0.411 e. The topological polar surface area (TPSA) is 92.8 Å². The summed E-state index contributed by atoms with van der Waals surface area (Å²) in [5.41, 5.74) is 4.69. The van der Waals surface area contributed by atoms with Crippen molar-refractivity contribution < 1.29 is 18.9 Å². The van der Waals surface area contributed by atoms with Gasteiger partial charge in [0.15, 0.2) is 0 Å². The maximum absolute atomic E-state index is 9.76. The van der Waals surface area contributed by atoms with Gasteiger partial charge in [0.2, 0.25) is 0 Å². The predicted octanol–water partition coefficient (Wildman–Crippen LogP) is -0.474. The van der Waals surface area contributed by atoms with Crippen molar-refractivity contribution in [3.05, 3.63) is 12.5 Å². The monoisotopic (exact) mass is 139 g/mol. The van der Waals surface area contributed by atoms with Crippen molar-refractivity contribution in [3.8, 4) is 0 Å². The quantitative estimate of drug-likeness (QED) is 0.355. The molecule has 0 aromatic rings. The molecule has 4 N–H and O–H groups in total. The molecule has 0 aromatic heterocycles. The summed E-state index contributed by atoms with van der Waals surface area (Å²) < 4.78 is 13.5. The first-order valence-corrected chi connectivity index (χ1v) is 3.20. The van der Waals surface area contributed by atoms with Crippen LogP contribution in [-0.2, 0) is 9.09 Å². The largest absolute Gasteiger partial charge is 0.524 e. The molecule has 0 spiro atoms. The van der Waals surface area contributed by atoms with E-state index in [9.17, 15) is 4.57 Å². The van der Waals surface area contributed by atoms with Crippen molar-refractivity contribution in [1.29, 1.82) is 0 Å². The van der Waals surface area contributed by atoms with Gasteiger partial charge in [-0.3, -0.25) is 9.79 Å². The van der Waals surface area contributed by atoms with Crippen LogP contribution < -0.4 is 5.73 Å². The lowest BCUT2D eigenvalue weighted by atomic mass is 11.0. The van der Waals surface area contributed by atoms with Gasteiger partial charge in [0, 0.05) is 6.20 Å². The van der Waals surface area contributed by atoms with Crippen LogP contribution >= 0.6 is 7.82 Å². The highest BCUT2D eigenvalue weighted by atomic mass is 31.2. The molecule has 0 bridgehead atoms. The molecule has 0 aliphatic heterocycles. The average molecular weight is 139 g/mol.